The second kappa shape index (κ2) is 16.7. The van der Waals surface area contributed by atoms with Crippen LogP contribution in [-0.4, -0.2) is 109 Å². The fourth-order valence-electron chi connectivity index (χ4n) is 9.69. The molecule has 8 aromatic rings. The Hall–Kier alpha value is -7.38. The van der Waals surface area contributed by atoms with Gasteiger partial charge in [0.05, 0.1) is 34.9 Å². The topological polar surface area (TPSA) is 184 Å². The van der Waals surface area contributed by atoms with E-state index in [4.69, 9.17) is 23.2 Å². The highest BCUT2D eigenvalue weighted by molar-refractivity contribution is 7.17. The molecular formula is C48H34Cl2N12O4S2. The molecule has 0 bridgehead atoms. The molecule has 0 aliphatic carbocycles. The largest absolute Gasteiger partial charge is 0.306 e. The molecule has 2 aromatic carbocycles. The van der Waals surface area contributed by atoms with E-state index in [-0.39, 0.29) is 23.6 Å². The van der Waals surface area contributed by atoms with E-state index in [0.717, 1.165) is 11.1 Å². The van der Waals surface area contributed by atoms with Gasteiger partial charge in [-0.15, -0.1) is 22.7 Å². The molecule has 2 saturated heterocycles. The molecule has 2 atom stereocenters. The van der Waals surface area contributed by atoms with Gasteiger partial charge in [0.2, 0.25) is 0 Å². The number of pyridine rings is 2. The number of fused-ring (bicyclic) bond motifs is 6. The monoisotopic (exact) mass is 976 g/mol. The molecule has 12 rings (SSSR count). The molecule has 0 spiro atoms. The third-order valence-electron chi connectivity index (χ3n) is 12.5. The summed E-state index contributed by atoms with van der Waals surface area (Å²) in [6, 6.07) is 18.0. The van der Waals surface area contributed by atoms with E-state index in [1.54, 1.807) is 118 Å². The Morgan fingerprint density at radius 1 is 0.529 bits per heavy atom. The molecular weight excluding hydrogens is 944 g/mol. The average molecular weight is 978 g/mol. The zero-order valence-corrected chi connectivity index (χ0v) is 39.1. The molecule has 4 aliphatic rings. The summed E-state index contributed by atoms with van der Waals surface area (Å²) in [5.41, 5.74) is 4.23. The van der Waals surface area contributed by atoms with Gasteiger partial charge in [0.1, 0.15) is 31.2 Å². The molecule has 2 fully saturated rings. The minimum atomic E-state index is -1.11. The average Bonchev–Trinajstić information content (AvgIpc) is 4.23. The van der Waals surface area contributed by atoms with E-state index in [1.165, 1.54) is 22.7 Å². The smallest absolute Gasteiger partial charge is 0.268 e. The molecule has 336 valence electrons. The van der Waals surface area contributed by atoms with Crippen LogP contribution in [0.5, 0.6) is 0 Å². The van der Waals surface area contributed by atoms with Crippen molar-refractivity contribution in [3.8, 4) is 21.4 Å². The summed E-state index contributed by atoms with van der Waals surface area (Å²) in [6.07, 6.45) is 16.2. The first-order chi connectivity index (χ1) is 33.0. The normalized spacial score (nSPS) is 18.8. The Kier molecular flexibility index (Phi) is 10.6. The van der Waals surface area contributed by atoms with E-state index in [9.17, 15) is 19.2 Å². The van der Waals surface area contributed by atoms with Crippen LogP contribution < -0.4 is 0 Å². The number of benzene rings is 2. The summed E-state index contributed by atoms with van der Waals surface area (Å²) < 4.78 is 0. The van der Waals surface area contributed by atoms with Crippen molar-refractivity contribution in [1.82, 2.24) is 59.5 Å². The maximum atomic E-state index is 14.1. The van der Waals surface area contributed by atoms with Crippen molar-refractivity contribution in [2.75, 3.05) is 26.2 Å². The maximum Gasteiger partial charge on any atom is 0.268 e. The fourth-order valence-corrected chi connectivity index (χ4v) is 11.9. The van der Waals surface area contributed by atoms with E-state index in [1.807, 2.05) is 38.1 Å². The number of hydrogen-bond acceptors (Lipinski definition) is 14. The molecule has 4 aliphatic heterocycles. The molecule has 6 aromatic heterocycles. The third-order valence-corrected chi connectivity index (χ3v) is 15.4. The highest BCUT2D eigenvalue weighted by Gasteiger charge is 2.61. The van der Waals surface area contributed by atoms with E-state index < -0.39 is 11.3 Å². The predicted molar refractivity (Wildman–Crippen MR) is 253 cm³/mol. The molecule has 20 heteroatoms. The number of halogens is 2. The van der Waals surface area contributed by atoms with Gasteiger partial charge in [0, 0.05) is 108 Å². The Balaban J connectivity index is 0.000000149. The quantitative estimate of drug-likeness (QED) is 0.160. The summed E-state index contributed by atoms with van der Waals surface area (Å²) in [6.45, 7) is 5.16. The Morgan fingerprint density at radius 2 is 0.926 bits per heavy atom. The summed E-state index contributed by atoms with van der Waals surface area (Å²) in [5, 5.41) is 2.39. The van der Waals surface area contributed by atoms with Crippen LogP contribution in [-0.2, 0) is 11.3 Å². The number of aromatic nitrogens is 8. The highest BCUT2D eigenvalue weighted by atomic mass is 35.5. The van der Waals surface area contributed by atoms with Crippen LogP contribution in [0.15, 0.2) is 123 Å². The number of aryl methyl sites for hydroxylation is 2. The van der Waals surface area contributed by atoms with E-state index in [2.05, 4.69) is 39.9 Å². The first kappa shape index (κ1) is 43.2. The Morgan fingerprint density at radius 3 is 1.31 bits per heavy atom. The number of hydrogen-bond donors (Lipinski definition) is 0. The van der Waals surface area contributed by atoms with Gasteiger partial charge < -0.3 is 19.6 Å². The predicted octanol–water partition coefficient (Wildman–Crippen LogP) is 7.54. The standard InChI is InChI=1S/2C24H17ClN6O2S/c2*1-14-20(34-21(29-14)19-13-27-8-9-28-19)23(33)31-11-10-30-22(32)17-6-7-26-12-18(17)24(30,31)15-2-4-16(25)5-3-15/h2*2-9,12-13H,10-11H2,1H3. The van der Waals surface area contributed by atoms with Crippen molar-refractivity contribution in [3.63, 3.8) is 0 Å². The van der Waals surface area contributed by atoms with E-state index >= 15 is 0 Å². The number of amides is 4. The van der Waals surface area contributed by atoms with Gasteiger partial charge >= 0.3 is 0 Å². The number of carbonyl (C=O) groups excluding carboxylic acids is 4. The summed E-state index contributed by atoms with van der Waals surface area (Å²) in [7, 11) is 0. The lowest BCUT2D eigenvalue weighted by Gasteiger charge is -2.40. The van der Waals surface area contributed by atoms with Crippen LogP contribution in [0.3, 0.4) is 0 Å². The first-order valence-electron chi connectivity index (χ1n) is 21.2. The van der Waals surface area contributed by atoms with Crippen LogP contribution >= 0.6 is 45.9 Å². The van der Waals surface area contributed by atoms with Gasteiger partial charge in [-0.3, -0.25) is 49.1 Å². The van der Waals surface area contributed by atoms with Crippen molar-refractivity contribution in [3.05, 3.63) is 187 Å². The second-order valence-electron chi connectivity index (χ2n) is 16.1. The lowest BCUT2D eigenvalue weighted by atomic mass is 9.91. The summed E-state index contributed by atoms with van der Waals surface area (Å²) in [5.74, 6) is -0.646. The second-order valence-corrected chi connectivity index (χ2v) is 18.9. The fraction of sp³-hybridized carbons (Fsp3) is 0.167. The number of nitrogens with zero attached hydrogens (tertiary/aromatic N) is 12. The van der Waals surface area contributed by atoms with Crippen LogP contribution in [0.1, 0.15) is 73.7 Å². The molecule has 0 N–H and O–H groups in total. The van der Waals surface area contributed by atoms with Crippen molar-refractivity contribution >= 4 is 69.5 Å². The van der Waals surface area contributed by atoms with Crippen molar-refractivity contribution in [2.24, 2.45) is 0 Å². The van der Waals surface area contributed by atoms with Gasteiger partial charge in [0.25, 0.3) is 23.6 Å². The zero-order valence-electron chi connectivity index (χ0n) is 35.9. The van der Waals surface area contributed by atoms with Crippen molar-refractivity contribution in [2.45, 2.75) is 25.2 Å². The van der Waals surface area contributed by atoms with Gasteiger partial charge in [0.15, 0.2) is 11.3 Å². The summed E-state index contributed by atoms with van der Waals surface area (Å²) >= 11 is 14.9. The SMILES string of the molecule is Cc1nc(-c2cnccn2)sc1C(=O)N1CCN2C(=O)c3ccncc3C21c1ccc(Cl)cc1.Cc1nc(-c2cnccn2)sc1C(=O)N1CCN2C(=O)c3ccncc3C21c1ccc(Cl)cc1. The molecule has 0 saturated carbocycles. The molecule has 2 unspecified atom stereocenters. The lowest BCUT2D eigenvalue weighted by molar-refractivity contribution is 0.0364. The molecule has 0 radical (unpaired) electrons. The van der Waals surface area contributed by atoms with Crippen LogP contribution in [0.25, 0.3) is 21.4 Å². The van der Waals surface area contributed by atoms with Gasteiger partial charge in [-0.2, -0.15) is 0 Å². The van der Waals surface area contributed by atoms with Gasteiger partial charge in [-0.25, -0.2) is 9.97 Å². The van der Waals surface area contributed by atoms with Crippen molar-refractivity contribution in [1.29, 1.82) is 0 Å². The van der Waals surface area contributed by atoms with Gasteiger partial charge in [-0.1, -0.05) is 47.5 Å². The minimum absolute atomic E-state index is 0.121. The van der Waals surface area contributed by atoms with Gasteiger partial charge in [-0.05, 0) is 50.2 Å². The minimum Gasteiger partial charge on any atom is -0.306 e. The number of carbonyl (C=O) groups is 4. The molecule has 4 amide bonds. The number of thiazole rings is 2. The Bertz CT molecular complexity index is 3100. The Labute approximate surface area is 406 Å². The van der Waals surface area contributed by atoms with Crippen LogP contribution in [0.4, 0.5) is 0 Å². The maximum absolute atomic E-state index is 14.1. The lowest BCUT2D eigenvalue weighted by Crippen LogP contribution is -2.51. The first-order valence-corrected chi connectivity index (χ1v) is 23.6. The zero-order chi connectivity index (χ0) is 46.9. The summed E-state index contributed by atoms with van der Waals surface area (Å²) in [4.78, 5) is 97.6. The third kappa shape index (κ3) is 6.53. The van der Waals surface area contributed by atoms with Crippen LogP contribution in [0.2, 0.25) is 10.0 Å². The number of rotatable bonds is 6. The molecule has 68 heavy (non-hydrogen) atoms. The highest BCUT2D eigenvalue weighted by Crippen LogP contribution is 2.52. The molecule has 10 heterocycles. The molecule has 16 nitrogen and oxygen atoms in total. The van der Waals surface area contributed by atoms with Crippen LogP contribution in [0, 0.1) is 13.8 Å². The van der Waals surface area contributed by atoms with Crippen molar-refractivity contribution < 1.29 is 19.2 Å². The van der Waals surface area contributed by atoms with E-state index in [0.29, 0.717) is 101 Å².